The van der Waals surface area contributed by atoms with Crippen molar-refractivity contribution in [2.24, 2.45) is 0 Å². The van der Waals surface area contributed by atoms with Crippen LogP contribution >= 0.6 is 0 Å². The molecular weight excluding hydrogens is 264 g/mol. The highest BCUT2D eigenvalue weighted by Gasteiger charge is 2.12. The Morgan fingerprint density at radius 1 is 1.19 bits per heavy atom. The van der Waals surface area contributed by atoms with E-state index in [4.69, 9.17) is 10.5 Å². The van der Waals surface area contributed by atoms with Crippen molar-refractivity contribution in [1.82, 2.24) is 5.32 Å². The van der Waals surface area contributed by atoms with Gasteiger partial charge in [0.25, 0.3) is 5.91 Å². The zero-order valence-electron chi connectivity index (χ0n) is 12.6. The van der Waals surface area contributed by atoms with Gasteiger partial charge < -0.3 is 15.8 Å². The summed E-state index contributed by atoms with van der Waals surface area (Å²) in [5.41, 5.74) is 9.94. The van der Waals surface area contributed by atoms with Crippen LogP contribution in [0, 0.1) is 13.8 Å². The van der Waals surface area contributed by atoms with Gasteiger partial charge in [-0.15, -0.1) is 0 Å². The molecule has 0 aliphatic rings. The summed E-state index contributed by atoms with van der Waals surface area (Å²) in [4.78, 5) is 12.4. The predicted molar refractivity (Wildman–Crippen MR) is 84.5 cm³/mol. The molecule has 2 aromatic carbocycles. The summed E-state index contributed by atoms with van der Waals surface area (Å²) < 4.78 is 5.28. The number of amides is 1. The molecule has 3 N–H and O–H groups in total. The minimum absolute atomic E-state index is 0.0879. The summed E-state index contributed by atoms with van der Waals surface area (Å²) >= 11 is 0. The lowest BCUT2D eigenvalue weighted by molar-refractivity contribution is 0.0949. The van der Waals surface area contributed by atoms with E-state index in [9.17, 15) is 4.79 Å². The van der Waals surface area contributed by atoms with Crippen molar-refractivity contribution in [3.8, 4) is 5.75 Å². The quantitative estimate of drug-likeness (QED) is 0.849. The Morgan fingerprint density at radius 2 is 1.86 bits per heavy atom. The second-order valence-corrected chi connectivity index (χ2v) is 5.02. The smallest absolute Gasteiger partial charge is 0.252 e. The molecule has 4 heteroatoms. The van der Waals surface area contributed by atoms with Crippen LogP contribution in [0.4, 0.5) is 5.69 Å². The summed E-state index contributed by atoms with van der Waals surface area (Å²) in [6.45, 7) is 4.24. The number of nitrogens with one attached hydrogen (secondary N) is 1. The fourth-order valence-electron chi connectivity index (χ4n) is 2.37. The summed E-state index contributed by atoms with van der Waals surface area (Å²) in [6.07, 6.45) is 0. The van der Waals surface area contributed by atoms with E-state index in [1.165, 1.54) is 0 Å². The van der Waals surface area contributed by atoms with Crippen LogP contribution in [0.15, 0.2) is 36.4 Å². The third kappa shape index (κ3) is 3.34. The number of methoxy groups -OCH3 is 1. The maximum Gasteiger partial charge on any atom is 0.252 e. The van der Waals surface area contributed by atoms with Crippen molar-refractivity contribution in [1.29, 1.82) is 0 Å². The van der Waals surface area contributed by atoms with E-state index in [2.05, 4.69) is 5.32 Å². The zero-order chi connectivity index (χ0) is 15.4. The van der Waals surface area contributed by atoms with Gasteiger partial charge in [0.2, 0.25) is 0 Å². The number of hydrogen-bond donors (Lipinski definition) is 2. The molecule has 21 heavy (non-hydrogen) atoms. The highest BCUT2D eigenvalue weighted by molar-refractivity contribution is 5.97. The third-order valence-corrected chi connectivity index (χ3v) is 3.45. The SMILES string of the molecule is COc1ccc(N)cc1CNC(=O)c1c(C)cccc1C. The normalized spacial score (nSPS) is 10.2. The number of carbonyl (C=O) groups is 1. The molecule has 0 saturated carbocycles. The minimum atomic E-state index is -0.0879. The molecule has 0 bridgehead atoms. The fraction of sp³-hybridized carbons (Fsp3) is 0.235. The molecule has 0 spiro atoms. The van der Waals surface area contributed by atoms with E-state index in [0.717, 1.165) is 22.3 Å². The lowest BCUT2D eigenvalue weighted by atomic mass is 10.0. The van der Waals surface area contributed by atoms with E-state index in [-0.39, 0.29) is 5.91 Å². The Labute approximate surface area is 124 Å². The Bertz CT molecular complexity index is 646. The Kier molecular flexibility index (Phi) is 4.48. The molecule has 2 rings (SSSR count). The molecular formula is C17H20N2O2. The van der Waals surface area contributed by atoms with Crippen LogP contribution in [-0.2, 0) is 6.54 Å². The number of hydrogen-bond acceptors (Lipinski definition) is 3. The molecule has 0 fully saturated rings. The maximum absolute atomic E-state index is 12.4. The molecule has 0 radical (unpaired) electrons. The first-order valence-corrected chi connectivity index (χ1v) is 6.79. The first-order chi connectivity index (χ1) is 10.0. The number of rotatable bonds is 4. The van der Waals surface area contributed by atoms with E-state index in [1.807, 2.05) is 38.1 Å². The highest BCUT2D eigenvalue weighted by Crippen LogP contribution is 2.21. The van der Waals surface area contributed by atoms with Gasteiger partial charge in [-0.05, 0) is 43.2 Å². The maximum atomic E-state index is 12.4. The van der Waals surface area contributed by atoms with Gasteiger partial charge in [-0.2, -0.15) is 0 Å². The number of nitrogen functional groups attached to an aromatic ring is 1. The number of aryl methyl sites for hydroxylation is 2. The topological polar surface area (TPSA) is 64.3 Å². The first kappa shape index (κ1) is 14.9. The molecule has 110 valence electrons. The summed E-state index contributed by atoms with van der Waals surface area (Å²) in [5.74, 6) is 0.626. The van der Waals surface area contributed by atoms with Gasteiger partial charge in [-0.3, -0.25) is 4.79 Å². The van der Waals surface area contributed by atoms with E-state index >= 15 is 0 Å². The number of anilines is 1. The first-order valence-electron chi connectivity index (χ1n) is 6.79. The number of benzene rings is 2. The van der Waals surface area contributed by atoms with Gasteiger partial charge in [0, 0.05) is 23.4 Å². The zero-order valence-corrected chi connectivity index (χ0v) is 12.6. The summed E-state index contributed by atoms with van der Waals surface area (Å²) in [7, 11) is 1.60. The number of ether oxygens (including phenoxy) is 1. The molecule has 0 unspecified atom stereocenters. The molecule has 0 saturated heterocycles. The second-order valence-electron chi connectivity index (χ2n) is 5.02. The van der Waals surface area contributed by atoms with Crippen molar-refractivity contribution in [3.63, 3.8) is 0 Å². The molecule has 0 aliphatic carbocycles. The van der Waals surface area contributed by atoms with E-state index < -0.39 is 0 Å². The molecule has 4 nitrogen and oxygen atoms in total. The van der Waals surface area contributed by atoms with Crippen molar-refractivity contribution < 1.29 is 9.53 Å². The van der Waals surface area contributed by atoms with Gasteiger partial charge in [0.1, 0.15) is 5.75 Å². The highest BCUT2D eigenvalue weighted by atomic mass is 16.5. The second kappa shape index (κ2) is 6.31. The molecule has 0 aliphatic heterocycles. The van der Waals surface area contributed by atoms with Crippen LogP contribution in [0.5, 0.6) is 5.75 Å². The van der Waals surface area contributed by atoms with E-state index in [1.54, 1.807) is 19.2 Å². The third-order valence-electron chi connectivity index (χ3n) is 3.45. The van der Waals surface area contributed by atoms with Gasteiger partial charge in [-0.25, -0.2) is 0 Å². The van der Waals surface area contributed by atoms with Crippen LogP contribution in [0.2, 0.25) is 0 Å². The summed E-state index contributed by atoms with van der Waals surface area (Å²) in [5, 5.41) is 2.92. The van der Waals surface area contributed by atoms with E-state index in [0.29, 0.717) is 18.0 Å². The van der Waals surface area contributed by atoms with Crippen LogP contribution in [-0.4, -0.2) is 13.0 Å². The largest absolute Gasteiger partial charge is 0.496 e. The summed E-state index contributed by atoms with van der Waals surface area (Å²) in [6, 6.07) is 11.2. The van der Waals surface area contributed by atoms with Crippen LogP contribution in [0.3, 0.4) is 0 Å². The van der Waals surface area contributed by atoms with Gasteiger partial charge >= 0.3 is 0 Å². The van der Waals surface area contributed by atoms with Crippen LogP contribution < -0.4 is 15.8 Å². The minimum Gasteiger partial charge on any atom is -0.496 e. The van der Waals surface area contributed by atoms with Crippen LogP contribution in [0.25, 0.3) is 0 Å². The van der Waals surface area contributed by atoms with Crippen LogP contribution in [0.1, 0.15) is 27.0 Å². The molecule has 0 aromatic heterocycles. The monoisotopic (exact) mass is 284 g/mol. The fourth-order valence-corrected chi connectivity index (χ4v) is 2.37. The Hall–Kier alpha value is -2.49. The van der Waals surface area contributed by atoms with Gasteiger partial charge in [0.15, 0.2) is 0 Å². The van der Waals surface area contributed by atoms with Gasteiger partial charge in [-0.1, -0.05) is 18.2 Å². The predicted octanol–water partition coefficient (Wildman–Crippen LogP) is 2.82. The molecule has 0 heterocycles. The van der Waals surface area contributed by atoms with Crippen molar-refractivity contribution >= 4 is 11.6 Å². The number of carbonyl (C=O) groups excluding carboxylic acids is 1. The lowest BCUT2D eigenvalue weighted by Gasteiger charge is -2.13. The average molecular weight is 284 g/mol. The van der Waals surface area contributed by atoms with Crippen molar-refractivity contribution in [2.45, 2.75) is 20.4 Å². The molecule has 1 amide bonds. The standard InChI is InChI=1S/C17H20N2O2/c1-11-5-4-6-12(2)16(11)17(20)19-10-13-9-14(18)7-8-15(13)21-3/h4-9H,10,18H2,1-3H3,(H,19,20). The lowest BCUT2D eigenvalue weighted by Crippen LogP contribution is -2.24. The Morgan fingerprint density at radius 3 is 2.48 bits per heavy atom. The molecule has 0 atom stereocenters. The van der Waals surface area contributed by atoms with Gasteiger partial charge in [0.05, 0.1) is 7.11 Å². The Balaban J connectivity index is 2.17. The average Bonchev–Trinajstić information content (AvgIpc) is 2.45. The van der Waals surface area contributed by atoms with Crippen molar-refractivity contribution in [3.05, 3.63) is 58.7 Å². The van der Waals surface area contributed by atoms with Crippen molar-refractivity contribution in [2.75, 3.05) is 12.8 Å². The number of nitrogens with two attached hydrogens (primary N) is 1. The molecule has 2 aromatic rings.